The minimum absolute atomic E-state index is 0.228. The van der Waals surface area contributed by atoms with Gasteiger partial charge in [-0.05, 0) is 18.4 Å². The minimum Gasteiger partial charge on any atom is -0.467 e. The number of rotatable bonds is 5. The summed E-state index contributed by atoms with van der Waals surface area (Å²) in [5.41, 5.74) is 1.13. The van der Waals surface area contributed by atoms with Gasteiger partial charge in [0.25, 0.3) is 0 Å². The molecule has 1 atom stereocenters. The van der Waals surface area contributed by atoms with E-state index in [1.807, 2.05) is 30.3 Å². The molecule has 0 bridgehead atoms. The zero-order chi connectivity index (χ0) is 12.7. The number of carbonyl (C=O) groups excluding carboxylic acids is 2. The number of hydrogen-bond acceptors (Lipinski definition) is 3. The van der Waals surface area contributed by atoms with E-state index < -0.39 is 12.0 Å². The fourth-order valence-corrected chi connectivity index (χ4v) is 1.59. The second-order valence-electron chi connectivity index (χ2n) is 3.80. The second kappa shape index (κ2) is 6.68. The Bertz CT molecular complexity index is 376. The molecular formula is C13H17NO3. The lowest BCUT2D eigenvalue weighted by Gasteiger charge is -2.15. The molecule has 0 aliphatic rings. The van der Waals surface area contributed by atoms with E-state index in [2.05, 4.69) is 10.1 Å². The van der Waals surface area contributed by atoms with Gasteiger partial charge in [-0.1, -0.05) is 30.3 Å². The summed E-state index contributed by atoms with van der Waals surface area (Å²) in [5, 5.41) is 2.59. The third-order valence-electron chi connectivity index (χ3n) is 2.43. The normalized spacial score (nSPS) is 11.6. The van der Waals surface area contributed by atoms with Gasteiger partial charge in [-0.15, -0.1) is 0 Å². The van der Waals surface area contributed by atoms with Gasteiger partial charge in [-0.2, -0.15) is 0 Å². The van der Waals surface area contributed by atoms with Crippen LogP contribution in [0.1, 0.15) is 18.9 Å². The van der Waals surface area contributed by atoms with E-state index in [1.54, 1.807) is 0 Å². The highest BCUT2D eigenvalue weighted by Gasteiger charge is 2.19. The number of nitrogens with one attached hydrogen (secondary N) is 1. The molecule has 1 amide bonds. The topological polar surface area (TPSA) is 55.4 Å². The predicted molar refractivity (Wildman–Crippen MR) is 64.4 cm³/mol. The van der Waals surface area contributed by atoms with Crippen molar-refractivity contribution in [1.29, 1.82) is 0 Å². The first kappa shape index (κ1) is 13.2. The Hall–Kier alpha value is -1.84. The molecular weight excluding hydrogens is 218 g/mol. The van der Waals surface area contributed by atoms with Crippen molar-refractivity contribution >= 4 is 11.9 Å². The van der Waals surface area contributed by atoms with Crippen molar-refractivity contribution in [3.05, 3.63) is 35.9 Å². The molecule has 1 rings (SSSR count). The maximum Gasteiger partial charge on any atom is 0.328 e. The van der Waals surface area contributed by atoms with Crippen molar-refractivity contribution in [2.45, 2.75) is 25.8 Å². The van der Waals surface area contributed by atoms with Crippen LogP contribution in [0.2, 0.25) is 0 Å². The largest absolute Gasteiger partial charge is 0.467 e. The van der Waals surface area contributed by atoms with E-state index in [0.29, 0.717) is 6.42 Å². The Morgan fingerprint density at radius 3 is 2.47 bits per heavy atom. The highest BCUT2D eigenvalue weighted by Crippen LogP contribution is 2.06. The second-order valence-corrected chi connectivity index (χ2v) is 3.80. The van der Waals surface area contributed by atoms with Gasteiger partial charge in [0.05, 0.1) is 7.11 Å². The van der Waals surface area contributed by atoms with Crippen molar-refractivity contribution in [2.24, 2.45) is 0 Å². The Balaban J connectivity index is 2.55. The van der Waals surface area contributed by atoms with Crippen molar-refractivity contribution in [1.82, 2.24) is 5.32 Å². The summed E-state index contributed by atoms with van der Waals surface area (Å²) in [5.74, 6) is -0.635. The molecule has 0 aromatic heterocycles. The smallest absolute Gasteiger partial charge is 0.328 e. The van der Waals surface area contributed by atoms with E-state index in [0.717, 1.165) is 12.0 Å². The summed E-state index contributed by atoms with van der Waals surface area (Å²) >= 11 is 0. The molecule has 0 spiro atoms. The predicted octanol–water partition coefficient (Wildman–Crippen LogP) is 1.30. The molecule has 4 heteroatoms. The van der Waals surface area contributed by atoms with Crippen LogP contribution in [0.25, 0.3) is 0 Å². The maximum absolute atomic E-state index is 11.4. The molecule has 0 aliphatic carbocycles. The van der Waals surface area contributed by atoms with E-state index in [9.17, 15) is 9.59 Å². The first-order chi connectivity index (χ1) is 8.13. The Morgan fingerprint density at radius 1 is 1.29 bits per heavy atom. The third kappa shape index (κ3) is 4.68. The molecule has 1 unspecified atom stereocenters. The summed E-state index contributed by atoms with van der Waals surface area (Å²) in [6.45, 7) is 1.39. The summed E-state index contributed by atoms with van der Waals surface area (Å²) in [6.07, 6.45) is 1.26. The van der Waals surface area contributed by atoms with E-state index in [4.69, 9.17) is 0 Å². The fourth-order valence-electron chi connectivity index (χ4n) is 1.59. The number of hydrogen-bond donors (Lipinski definition) is 1. The molecule has 0 saturated heterocycles. The van der Waals surface area contributed by atoms with Crippen LogP contribution in [0.3, 0.4) is 0 Å². The SMILES string of the molecule is COC(=O)C(CCc1ccccc1)NC(C)=O. The summed E-state index contributed by atoms with van der Waals surface area (Å²) < 4.78 is 4.65. The molecule has 0 aliphatic heterocycles. The number of amides is 1. The van der Waals surface area contributed by atoms with Crippen molar-refractivity contribution < 1.29 is 14.3 Å². The van der Waals surface area contributed by atoms with Gasteiger partial charge in [0.15, 0.2) is 0 Å². The van der Waals surface area contributed by atoms with Crippen molar-refractivity contribution in [2.75, 3.05) is 7.11 Å². The number of methoxy groups -OCH3 is 1. The number of ether oxygens (including phenoxy) is 1. The van der Waals surface area contributed by atoms with Gasteiger partial charge in [0.1, 0.15) is 6.04 Å². The lowest BCUT2D eigenvalue weighted by Crippen LogP contribution is -2.40. The molecule has 0 fully saturated rings. The van der Waals surface area contributed by atoms with Crippen LogP contribution in [-0.2, 0) is 20.7 Å². The molecule has 1 N–H and O–H groups in total. The Morgan fingerprint density at radius 2 is 1.94 bits per heavy atom. The molecule has 0 saturated carbocycles. The molecule has 17 heavy (non-hydrogen) atoms. The molecule has 0 heterocycles. The van der Waals surface area contributed by atoms with Crippen LogP contribution in [0.15, 0.2) is 30.3 Å². The Kier molecular flexibility index (Phi) is 5.20. The summed E-state index contributed by atoms with van der Waals surface area (Å²) in [7, 11) is 1.32. The minimum atomic E-state index is -0.572. The molecule has 4 nitrogen and oxygen atoms in total. The quantitative estimate of drug-likeness (QED) is 0.782. The van der Waals surface area contributed by atoms with Crippen LogP contribution < -0.4 is 5.32 Å². The van der Waals surface area contributed by atoms with E-state index in [-0.39, 0.29) is 5.91 Å². The van der Waals surface area contributed by atoms with Gasteiger partial charge in [-0.25, -0.2) is 4.79 Å². The average molecular weight is 235 g/mol. The van der Waals surface area contributed by atoms with Gasteiger partial charge >= 0.3 is 5.97 Å². The van der Waals surface area contributed by atoms with Crippen LogP contribution in [0, 0.1) is 0 Å². The van der Waals surface area contributed by atoms with Gasteiger partial charge < -0.3 is 10.1 Å². The van der Waals surface area contributed by atoms with E-state index in [1.165, 1.54) is 14.0 Å². The lowest BCUT2D eigenvalue weighted by molar-refractivity contribution is -0.145. The molecule has 92 valence electrons. The monoisotopic (exact) mass is 235 g/mol. The summed E-state index contributed by atoms with van der Waals surface area (Å²) in [4.78, 5) is 22.4. The highest BCUT2D eigenvalue weighted by atomic mass is 16.5. The Labute approximate surface area is 101 Å². The fraction of sp³-hybridized carbons (Fsp3) is 0.385. The number of carbonyl (C=O) groups is 2. The van der Waals surface area contributed by atoms with Crippen molar-refractivity contribution in [3.8, 4) is 0 Å². The molecule has 1 aromatic rings. The van der Waals surface area contributed by atoms with Gasteiger partial charge in [0.2, 0.25) is 5.91 Å². The summed E-state index contributed by atoms with van der Waals surface area (Å²) in [6, 6.07) is 9.24. The number of aryl methyl sites for hydroxylation is 1. The molecule has 0 radical (unpaired) electrons. The van der Waals surface area contributed by atoms with Crippen LogP contribution in [0.5, 0.6) is 0 Å². The highest BCUT2D eigenvalue weighted by molar-refractivity contribution is 5.83. The first-order valence-electron chi connectivity index (χ1n) is 5.52. The zero-order valence-corrected chi connectivity index (χ0v) is 10.1. The molecule has 1 aromatic carbocycles. The average Bonchev–Trinajstić information content (AvgIpc) is 2.34. The van der Waals surface area contributed by atoms with Gasteiger partial charge in [-0.3, -0.25) is 4.79 Å². The van der Waals surface area contributed by atoms with Crippen molar-refractivity contribution in [3.63, 3.8) is 0 Å². The third-order valence-corrected chi connectivity index (χ3v) is 2.43. The zero-order valence-electron chi connectivity index (χ0n) is 10.1. The lowest BCUT2D eigenvalue weighted by atomic mass is 10.1. The van der Waals surface area contributed by atoms with Crippen LogP contribution >= 0.6 is 0 Å². The van der Waals surface area contributed by atoms with Crippen LogP contribution in [-0.4, -0.2) is 25.0 Å². The van der Waals surface area contributed by atoms with E-state index >= 15 is 0 Å². The first-order valence-corrected chi connectivity index (χ1v) is 5.52. The maximum atomic E-state index is 11.4. The standard InChI is InChI=1S/C13H17NO3/c1-10(15)14-12(13(16)17-2)9-8-11-6-4-3-5-7-11/h3-7,12H,8-9H2,1-2H3,(H,14,15). The number of benzene rings is 1. The van der Waals surface area contributed by atoms with Crippen LogP contribution in [0.4, 0.5) is 0 Å². The number of esters is 1. The van der Waals surface area contributed by atoms with Gasteiger partial charge in [0, 0.05) is 6.92 Å².